The minimum atomic E-state index is -0.494. The molecule has 0 aliphatic rings. The summed E-state index contributed by atoms with van der Waals surface area (Å²) in [6.07, 6.45) is 8.97. The molecule has 6 aromatic carbocycles. The number of rotatable bonds is 17. The third kappa shape index (κ3) is 9.11. The van der Waals surface area contributed by atoms with E-state index in [9.17, 15) is 9.59 Å². The minimum absolute atomic E-state index is 0.403. The zero-order valence-corrected chi connectivity index (χ0v) is 31.9. The van der Waals surface area contributed by atoms with Crippen LogP contribution in [0, 0.1) is 13.8 Å². The fourth-order valence-corrected chi connectivity index (χ4v) is 6.85. The Labute approximate surface area is 319 Å². The predicted molar refractivity (Wildman–Crippen MR) is 218 cm³/mol. The summed E-state index contributed by atoms with van der Waals surface area (Å²) in [6.45, 7) is 9.63. The number of esters is 2. The Morgan fingerprint density at radius 1 is 0.481 bits per heavy atom. The number of carbonyl (C=O) groups excluding carboxylic acids is 2. The minimum Gasteiger partial charge on any atom is -0.494 e. The molecule has 0 amide bonds. The molecule has 0 radical (unpaired) electrons. The van der Waals surface area contributed by atoms with Crippen molar-refractivity contribution >= 4 is 33.5 Å². The molecule has 6 nitrogen and oxygen atoms in total. The maximum atomic E-state index is 13.9. The van der Waals surface area contributed by atoms with Crippen LogP contribution < -0.4 is 18.9 Å². The van der Waals surface area contributed by atoms with Gasteiger partial charge in [0.15, 0.2) is 0 Å². The Morgan fingerprint density at radius 2 is 0.870 bits per heavy atom. The summed E-state index contributed by atoms with van der Waals surface area (Å²) < 4.78 is 24.6. The molecule has 0 N–H and O–H groups in total. The van der Waals surface area contributed by atoms with Crippen molar-refractivity contribution in [3.8, 4) is 34.1 Å². The molecule has 0 spiro atoms. The average Bonchev–Trinajstić information content (AvgIpc) is 3.18. The highest BCUT2D eigenvalue weighted by molar-refractivity contribution is 6.06. The summed E-state index contributed by atoms with van der Waals surface area (Å²) in [6, 6.07) is 34.0. The van der Waals surface area contributed by atoms with Gasteiger partial charge in [0.25, 0.3) is 0 Å². The summed E-state index contributed by atoms with van der Waals surface area (Å²) in [5.74, 6) is 1.25. The van der Waals surface area contributed by atoms with Crippen molar-refractivity contribution in [2.24, 2.45) is 0 Å². The molecule has 0 atom stereocenters. The molecule has 54 heavy (non-hydrogen) atoms. The van der Waals surface area contributed by atoms with Crippen LogP contribution in [0.5, 0.6) is 23.0 Å². The van der Waals surface area contributed by atoms with Crippen molar-refractivity contribution in [2.45, 2.75) is 79.1 Å². The fraction of sp³-hybridized carbons (Fsp3) is 0.292. The molecule has 0 saturated heterocycles. The maximum absolute atomic E-state index is 13.9. The van der Waals surface area contributed by atoms with Crippen LogP contribution in [-0.4, -0.2) is 25.2 Å². The van der Waals surface area contributed by atoms with Crippen molar-refractivity contribution in [3.63, 3.8) is 0 Å². The zero-order valence-electron chi connectivity index (χ0n) is 31.9. The first kappa shape index (κ1) is 38.1. The molecule has 6 rings (SSSR count). The first-order chi connectivity index (χ1) is 26.4. The van der Waals surface area contributed by atoms with Crippen LogP contribution in [0.3, 0.4) is 0 Å². The van der Waals surface area contributed by atoms with E-state index in [1.54, 1.807) is 24.3 Å². The highest BCUT2D eigenvalue weighted by atomic mass is 16.5. The first-order valence-electron chi connectivity index (χ1n) is 19.3. The van der Waals surface area contributed by atoms with Gasteiger partial charge in [-0.15, -0.1) is 0 Å². The summed E-state index contributed by atoms with van der Waals surface area (Å²) >= 11 is 0. The van der Waals surface area contributed by atoms with E-state index in [-0.39, 0.29) is 0 Å². The third-order valence-corrected chi connectivity index (χ3v) is 9.75. The lowest BCUT2D eigenvalue weighted by molar-refractivity contribution is 0.0725. The van der Waals surface area contributed by atoms with Crippen LogP contribution in [0.25, 0.3) is 32.7 Å². The lowest BCUT2D eigenvalue weighted by Gasteiger charge is -2.21. The van der Waals surface area contributed by atoms with Gasteiger partial charge >= 0.3 is 11.9 Å². The van der Waals surface area contributed by atoms with E-state index < -0.39 is 11.9 Å². The van der Waals surface area contributed by atoms with Gasteiger partial charge in [-0.05, 0) is 97.1 Å². The average molecular weight is 723 g/mol. The topological polar surface area (TPSA) is 71.1 Å². The monoisotopic (exact) mass is 722 g/mol. The third-order valence-electron chi connectivity index (χ3n) is 9.75. The molecular formula is C48H50O6. The molecule has 0 aliphatic heterocycles. The van der Waals surface area contributed by atoms with Gasteiger partial charge in [0.2, 0.25) is 0 Å². The summed E-state index contributed by atoms with van der Waals surface area (Å²) in [5.41, 5.74) is 3.93. The van der Waals surface area contributed by atoms with Gasteiger partial charge in [-0.3, -0.25) is 0 Å². The largest absolute Gasteiger partial charge is 0.494 e. The number of unbranched alkanes of at least 4 members (excludes halogenated alkanes) is 6. The van der Waals surface area contributed by atoms with E-state index in [4.69, 9.17) is 18.9 Å². The van der Waals surface area contributed by atoms with E-state index in [2.05, 4.69) is 26.0 Å². The summed E-state index contributed by atoms with van der Waals surface area (Å²) in [5, 5.41) is 3.40. The standard InChI is InChI=1S/C48H50O6/c1-5-7-9-15-29-51-39-25-21-35(22-26-39)47(49)53-45-41-19-13-11-17-37(41)31-33(3)43(45)44-34(4)32-38-18-12-14-20-42(38)46(44)54-48(50)36-23-27-40(28-24-36)52-30-16-10-8-6-2/h11-14,17-28,31-32H,5-10,15-16,29-30H2,1-4H3. The van der Waals surface area contributed by atoms with Crippen LogP contribution in [0.4, 0.5) is 0 Å². The fourth-order valence-electron chi connectivity index (χ4n) is 6.85. The van der Waals surface area contributed by atoms with Gasteiger partial charge in [0.05, 0.1) is 24.3 Å². The number of ether oxygens (including phenoxy) is 4. The van der Waals surface area contributed by atoms with E-state index >= 15 is 0 Å². The molecule has 0 fully saturated rings. The van der Waals surface area contributed by atoms with Crippen LogP contribution in [0.15, 0.2) is 109 Å². The Balaban J connectivity index is 1.35. The Hall–Kier alpha value is -5.62. The maximum Gasteiger partial charge on any atom is 0.343 e. The molecule has 0 saturated carbocycles. The van der Waals surface area contributed by atoms with Crippen molar-refractivity contribution < 1.29 is 28.5 Å². The molecule has 0 aliphatic carbocycles. The molecule has 0 bridgehead atoms. The smallest absolute Gasteiger partial charge is 0.343 e. The number of carbonyl (C=O) groups is 2. The Morgan fingerprint density at radius 3 is 1.26 bits per heavy atom. The van der Waals surface area contributed by atoms with Crippen LogP contribution in [0.1, 0.15) is 97.1 Å². The molecule has 0 aromatic heterocycles. The number of hydrogen-bond donors (Lipinski definition) is 0. The van der Waals surface area contributed by atoms with Gasteiger partial charge in [-0.25, -0.2) is 9.59 Å². The van der Waals surface area contributed by atoms with Gasteiger partial charge in [0.1, 0.15) is 23.0 Å². The van der Waals surface area contributed by atoms with Gasteiger partial charge in [-0.2, -0.15) is 0 Å². The number of aryl methyl sites for hydroxylation is 2. The Bertz CT molecular complexity index is 2040. The van der Waals surface area contributed by atoms with Crippen LogP contribution >= 0.6 is 0 Å². The van der Waals surface area contributed by atoms with Crippen molar-refractivity contribution in [1.82, 2.24) is 0 Å². The lowest BCUT2D eigenvalue weighted by atomic mass is 9.89. The van der Waals surface area contributed by atoms with Crippen LogP contribution in [-0.2, 0) is 0 Å². The first-order valence-corrected chi connectivity index (χ1v) is 19.3. The quantitative estimate of drug-likeness (QED) is 0.0530. The molecule has 6 heteroatoms. The lowest BCUT2D eigenvalue weighted by Crippen LogP contribution is -2.12. The molecule has 278 valence electrons. The highest BCUT2D eigenvalue weighted by Crippen LogP contribution is 2.48. The molecule has 0 unspecified atom stereocenters. The molecule has 0 heterocycles. The molecular weight excluding hydrogens is 673 g/mol. The van der Waals surface area contributed by atoms with Gasteiger partial charge in [0, 0.05) is 21.9 Å². The number of fused-ring (bicyclic) bond motifs is 2. The van der Waals surface area contributed by atoms with Gasteiger partial charge < -0.3 is 18.9 Å². The van der Waals surface area contributed by atoms with E-state index in [1.165, 1.54) is 25.7 Å². The highest BCUT2D eigenvalue weighted by Gasteiger charge is 2.26. The second-order valence-electron chi connectivity index (χ2n) is 13.9. The number of hydrogen-bond acceptors (Lipinski definition) is 6. The second-order valence-corrected chi connectivity index (χ2v) is 13.9. The van der Waals surface area contributed by atoms with Gasteiger partial charge in [-0.1, -0.05) is 113 Å². The summed E-state index contributed by atoms with van der Waals surface area (Å²) in [7, 11) is 0. The van der Waals surface area contributed by atoms with E-state index in [1.807, 2.05) is 86.6 Å². The SMILES string of the molecule is CCCCCCOc1ccc(C(=O)Oc2c(-c3c(C)cc4ccccc4c3OC(=O)c3ccc(OCCCCCC)cc3)c(C)cc3ccccc23)cc1. The van der Waals surface area contributed by atoms with E-state index in [0.717, 1.165) is 58.4 Å². The number of benzene rings is 6. The predicted octanol–water partition coefficient (Wildman–Crippen LogP) is 12.6. The van der Waals surface area contributed by atoms with Crippen molar-refractivity contribution in [3.05, 3.63) is 131 Å². The Kier molecular flexibility index (Phi) is 13.0. The van der Waals surface area contributed by atoms with Crippen molar-refractivity contribution in [2.75, 3.05) is 13.2 Å². The molecule has 6 aromatic rings. The van der Waals surface area contributed by atoms with Crippen LogP contribution in [0.2, 0.25) is 0 Å². The normalized spacial score (nSPS) is 11.1. The van der Waals surface area contributed by atoms with Crippen molar-refractivity contribution in [1.29, 1.82) is 0 Å². The summed E-state index contributed by atoms with van der Waals surface area (Å²) in [4.78, 5) is 27.8. The zero-order chi connectivity index (χ0) is 37.9. The van der Waals surface area contributed by atoms with E-state index in [0.29, 0.717) is 58.5 Å². The second kappa shape index (κ2) is 18.4.